The van der Waals surface area contributed by atoms with Gasteiger partial charge in [-0.3, -0.25) is 9.69 Å². The zero-order valence-corrected chi connectivity index (χ0v) is 21.2. The van der Waals surface area contributed by atoms with Gasteiger partial charge >= 0.3 is 0 Å². The highest BCUT2D eigenvalue weighted by molar-refractivity contribution is 7.99. The lowest BCUT2D eigenvalue weighted by Gasteiger charge is -2.55. The number of rotatable bonds is 7. The zero-order valence-electron chi connectivity index (χ0n) is 20.4. The minimum Gasteiger partial charge on any atom is -0.342 e. The van der Waals surface area contributed by atoms with Crippen LogP contribution in [0.3, 0.4) is 0 Å². The molecule has 3 unspecified atom stereocenters. The lowest BCUT2D eigenvalue weighted by atomic mass is 9.61. The van der Waals surface area contributed by atoms with Crippen molar-refractivity contribution in [2.24, 2.45) is 11.1 Å². The summed E-state index contributed by atoms with van der Waals surface area (Å²) in [6.45, 7) is 8.27. The van der Waals surface area contributed by atoms with Crippen LogP contribution in [0.15, 0.2) is 30.3 Å². The number of piperidine rings is 2. The van der Waals surface area contributed by atoms with E-state index in [9.17, 15) is 4.79 Å². The number of hydrogen-bond donors (Lipinski definition) is 1. The number of nitrogens with two attached hydrogens (primary N) is 1. The number of carbonyl (C=O) groups excluding carboxylic acids is 1. The van der Waals surface area contributed by atoms with Gasteiger partial charge in [-0.2, -0.15) is 0 Å². The highest BCUT2D eigenvalue weighted by Gasteiger charge is 2.47. The van der Waals surface area contributed by atoms with Crippen molar-refractivity contribution in [3.8, 4) is 0 Å². The number of carbonyl (C=O) groups is 1. The maximum atomic E-state index is 13.2. The second kappa shape index (κ2) is 10.1. The highest BCUT2D eigenvalue weighted by atomic mass is 32.2. The molecule has 1 aromatic carbocycles. The van der Waals surface area contributed by atoms with E-state index in [-0.39, 0.29) is 11.5 Å². The van der Waals surface area contributed by atoms with Gasteiger partial charge in [-0.05, 0) is 60.7 Å². The van der Waals surface area contributed by atoms with Gasteiger partial charge in [-0.25, -0.2) is 0 Å². The minimum absolute atomic E-state index is 0.0109. The average Bonchev–Trinajstić information content (AvgIpc) is 2.79. The normalized spacial score (nSPS) is 32.6. The molecule has 4 atom stereocenters. The molecule has 2 N–H and O–H groups in total. The van der Waals surface area contributed by atoms with E-state index < -0.39 is 0 Å². The van der Waals surface area contributed by atoms with E-state index in [0.717, 1.165) is 37.6 Å². The molecular formula is C27H43N3OS. The Morgan fingerprint density at radius 2 is 1.97 bits per heavy atom. The molecule has 1 aromatic rings. The summed E-state index contributed by atoms with van der Waals surface area (Å²) < 4.78 is 0. The molecule has 5 heteroatoms. The maximum Gasteiger partial charge on any atom is 0.222 e. The van der Waals surface area contributed by atoms with Crippen LogP contribution in [0.2, 0.25) is 0 Å². The van der Waals surface area contributed by atoms with Gasteiger partial charge < -0.3 is 10.6 Å². The second-order valence-electron chi connectivity index (χ2n) is 11.1. The van der Waals surface area contributed by atoms with E-state index in [0.29, 0.717) is 29.8 Å². The average molecular weight is 458 g/mol. The van der Waals surface area contributed by atoms with Crippen LogP contribution in [0.1, 0.15) is 77.7 Å². The molecule has 2 aliphatic heterocycles. The minimum atomic E-state index is 0.0109. The van der Waals surface area contributed by atoms with Gasteiger partial charge in [0.25, 0.3) is 0 Å². The van der Waals surface area contributed by atoms with Crippen LogP contribution in [-0.2, 0) is 10.2 Å². The van der Waals surface area contributed by atoms with Crippen LogP contribution in [0.25, 0.3) is 0 Å². The van der Waals surface area contributed by atoms with Gasteiger partial charge in [-0.1, -0.05) is 57.5 Å². The summed E-state index contributed by atoms with van der Waals surface area (Å²) in [6.07, 6.45) is 8.97. The van der Waals surface area contributed by atoms with E-state index in [1.807, 2.05) is 11.8 Å². The number of amides is 1. The molecule has 2 bridgehead atoms. The van der Waals surface area contributed by atoms with E-state index in [1.54, 1.807) is 0 Å². The summed E-state index contributed by atoms with van der Waals surface area (Å²) in [7, 11) is 0. The van der Waals surface area contributed by atoms with E-state index in [1.165, 1.54) is 37.7 Å². The van der Waals surface area contributed by atoms with Crippen molar-refractivity contribution < 1.29 is 4.79 Å². The zero-order chi connectivity index (χ0) is 22.8. The lowest BCUT2D eigenvalue weighted by Crippen LogP contribution is -2.57. The van der Waals surface area contributed by atoms with E-state index in [2.05, 4.69) is 60.9 Å². The van der Waals surface area contributed by atoms with Gasteiger partial charge in [0.15, 0.2) is 0 Å². The fourth-order valence-electron chi connectivity index (χ4n) is 6.55. The molecule has 0 radical (unpaired) electrons. The number of hydrogen-bond acceptors (Lipinski definition) is 4. The van der Waals surface area contributed by atoms with E-state index >= 15 is 0 Å². The Hall–Kier alpha value is -1.04. The van der Waals surface area contributed by atoms with Crippen molar-refractivity contribution in [1.82, 2.24) is 9.80 Å². The van der Waals surface area contributed by atoms with Crippen molar-refractivity contribution in [2.45, 2.75) is 95.7 Å². The topological polar surface area (TPSA) is 49.6 Å². The maximum absolute atomic E-state index is 13.2. The van der Waals surface area contributed by atoms with Crippen LogP contribution in [-0.4, -0.2) is 58.6 Å². The molecule has 3 aliphatic rings. The van der Waals surface area contributed by atoms with Crippen molar-refractivity contribution in [3.05, 3.63) is 35.9 Å². The molecule has 4 rings (SSSR count). The first-order valence-electron chi connectivity index (χ1n) is 12.8. The molecule has 32 heavy (non-hydrogen) atoms. The number of likely N-dealkylation sites (tertiary alicyclic amines) is 2. The Bertz CT molecular complexity index is 769. The predicted octanol–water partition coefficient (Wildman–Crippen LogP) is 5.02. The third kappa shape index (κ3) is 5.05. The van der Waals surface area contributed by atoms with Gasteiger partial charge in [0.2, 0.25) is 5.91 Å². The molecule has 1 saturated carbocycles. The summed E-state index contributed by atoms with van der Waals surface area (Å²) in [5.74, 6) is 2.59. The molecule has 3 fully saturated rings. The summed E-state index contributed by atoms with van der Waals surface area (Å²) in [5, 5.41) is 0. The largest absolute Gasteiger partial charge is 0.342 e. The standard InChI is InChI=1S/C27H43N3OS/c1-4-32-20-30-22-11-8-15-27(17-22,21-9-6-5-7-10-21)18-23(30)12-13-25(31)29-16-14-24(28)26(2,3)19-29/h5-7,9-10,22-24H,4,8,11-20,28H2,1-3H3/t22?,23?,24-,27?/m0/s1. The van der Waals surface area contributed by atoms with Crippen LogP contribution in [0, 0.1) is 5.41 Å². The first kappa shape index (κ1) is 24.1. The molecular weight excluding hydrogens is 414 g/mol. The van der Waals surface area contributed by atoms with Gasteiger partial charge in [0.05, 0.1) is 0 Å². The molecule has 4 nitrogen and oxygen atoms in total. The first-order valence-corrected chi connectivity index (χ1v) is 13.9. The molecule has 178 valence electrons. The Morgan fingerprint density at radius 3 is 2.69 bits per heavy atom. The summed E-state index contributed by atoms with van der Waals surface area (Å²) in [4.78, 5) is 18.1. The second-order valence-corrected chi connectivity index (χ2v) is 12.4. The molecule has 0 aromatic heterocycles. The summed E-state index contributed by atoms with van der Waals surface area (Å²) in [5.41, 5.74) is 8.14. The molecule has 2 heterocycles. The van der Waals surface area contributed by atoms with Crippen molar-refractivity contribution in [3.63, 3.8) is 0 Å². The van der Waals surface area contributed by atoms with E-state index in [4.69, 9.17) is 5.73 Å². The molecule has 1 aliphatic carbocycles. The van der Waals surface area contributed by atoms with Crippen molar-refractivity contribution >= 4 is 17.7 Å². The number of thioether (sulfide) groups is 1. The van der Waals surface area contributed by atoms with Crippen LogP contribution in [0.4, 0.5) is 0 Å². The fraction of sp³-hybridized carbons (Fsp3) is 0.741. The lowest BCUT2D eigenvalue weighted by molar-refractivity contribution is -0.135. The third-order valence-electron chi connectivity index (χ3n) is 8.57. The van der Waals surface area contributed by atoms with Crippen LogP contribution < -0.4 is 5.73 Å². The Balaban J connectivity index is 1.47. The summed E-state index contributed by atoms with van der Waals surface area (Å²) >= 11 is 2.04. The first-order chi connectivity index (χ1) is 15.3. The third-order valence-corrected chi connectivity index (χ3v) is 9.46. The van der Waals surface area contributed by atoms with Crippen molar-refractivity contribution in [2.75, 3.05) is 24.7 Å². The van der Waals surface area contributed by atoms with Crippen molar-refractivity contribution in [1.29, 1.82) is 0 Å². The molecule has 2 saturated heterocycles. The number of benzene rings is 1. The quantitative estimate of drug-likeness (QED) is 0.625. The highest BCUT2D eigenvalue weighted by Crippen LogP contribution is 2.50. The van der Waals surface area contributed by atoms with Gasteiger partial charge in [0.1, 0.15) is 0 Å². The predicted molar refractivity (Wildman–Crippen MR) is 136 cm³/mol. The summed E-state index contributed by atoms with van der Waals surface area (Å²) in [6, 6.07) is 12.6. The Labute approximate surface area is 199 Å². The Morgan fingerprint density at radius 1 is 1.19 bits per heavy atom. The number of fused-ring (bicyclic) bond motifs is 2. The smallest absolute Gasteiger partial charge is 0.222 e. The van der Waals surface area contributed by atoms with Crippen LogP contribution >= 0.6 is 11.8 Å². The van der Waals surface area contributed by atoms with Gasteiger partial charge in [-0.15, -0.1) is 11.8 Å². The Kier molecular flexibility index (Phi) is 7.58. The van der Waals surface area contributed by atoms with Gasteiger partial charge in [0, 0.05) is 43.5 Å². The number of nitrogens with zero attached hydrogens (tertiary/aromatic N) is 2. The SMILES string of the molecule is CCSCN1C2CCCC(c3ccccc3)(C2)CC1CCC(=O)N1CC[C@H](N)C(C)(C)C1. The molecule has 0 spiro atoms. The monoisotopic (exact) mass is 457 g/mol. The fourth-order valence-corrected chi connectivity index (χ4v) is 7.36. The molecule has 1 amide bonds. The van der Waals surface area contributed by atoms with Crippen LogP contribution in [0.5, 0.6) is 0 Å².